The Bertz CT molecular complexity index is 759. The van der Waals surface area contributed by atoms with Crippen LogP contribution in [0.1, 0.15) is 13.8 Å². The molecule has 0 aliphatic heterocycles. The maximum absolute atomic E-state index is 12.1. The van der Waals surface area contributed by atoms with Crippen LogP contribution in [0.3, 0.4) is 0 Å². The molecule has 1 amide bonds. The van der Waals surface area contributed by atoms with Crippen LogP contribution in [0.5, 0.6) is 0 Å². The van der Waals surface area contributed by atoms with E-state index in [-0.39, 0.29) is 18.5 Å². The fourth-order valence-corrected chi connectivity index (χ4v) is 2.35. The molecule has 6 nitrogen and oxygen atoms in total. The van der Waals surface area contributed by atoms with Gasteiger partial charge in [-0.05, 0) is 26.0 Å². The number of benzene rings is 1. The first-order chi connectivity index (χ1) is 10.1. The first-order valence-corrected chi connectivity index (χ1v) is 6.79. The average molecular weight is 284 g/mol. The van der Waals surface area contributed by atoms with Crippen LogP contribution in [0, 0.1) is 0 Å². The minimum Gasteiger partial charge on any atom is -0.422 e. The lowest BCUT2D eigenvalue weighted by Crippen LogP contribution is -2.33. The highest BCUT2D eigenvalue weighted by Crippen LogP contribution is 2.26. The van der Waals surface area contributed by atoms with Gasteiger partial charge in [0.15, 0.2) is 0 Å². The van der Waals surface area contributed by atoms with E-state index in [2.05, 4.69) is 15.5 Å². The lowest BCUT2D eigenvalue weighted by atomic mass is 10.2. The molecule has 6 heteroatoms. The largest absolute Gasteiger partial charge is 0.422 e. The van der Waals surface area contributed by atoms with Gasteiger partial charge in [-0.15, -0.1) is 10.2 Å². The van der Waals surface area contributed by atoms with Crippen LogP contribution in [0.25, 0.3) is 22.5 Å². The average Bonchev–Trinajstić information content (AvgIpc) is 3.06. The maximum atomic E-state index is 12.1. The Labute approximate surface area is 121 Å². The maximum Gasteiger partial charge on any atom is 0.264 e. The van der Waals surface area contributed by atoms with E-state index in [0.29, 0.717) is 5.89 Å². The minimum absolute atomic E-state index is 0.0490. The smallest absolute Gasteiger partial charge is 0.264 e. The Morgan fingerprint density at radius 2 is 2.19 bits per heavy atom. The standard InChI is InChI=1S/C15H16N4O2/c1-10(2)17-14(20)8-19-12-6-4-3-5-11(12)7-13(19)15-18-16-9-21-15/h3-7,9-10H,8H2,1-2H3,(H,17,20). The SMILES string of the molecule is CC(C)NC(=O)Cn1c(-c2nnco2)cc2ccccc21. The monoisotopic (exact) mass is 284 g/mol. The summed E-state index contributed by atoms with van der Waals surface area (Å²) >= 11 is 0. The normalized spacial score (nSPS) is 11.2. The van der Waals surface area contributed by atoms with E-state index in [0.717, 1.165) is 16.6 Å². The zero-order valence-corrected chi connectivity index (χ0v) is 11.9. The van der Waals surface area contributed by atoms with Gasteiger partial charge in [0, 0.05) is 16.9 Å². The number of carbonyl (C=O) groups is 1. The summed E-state index contributed by atoms with van der Waals surface area (Å²) in [5.41, 5.74) is 1.71. The van der Waals surface area contributed by atoms with Gasteiger partial charge in [0.1, 0.15) is 12.2 Å². The summed E-state index contributed by atoms with van der Waals surface area (Å²) in [5, 5.41) is 11.6. The molecule has 0 atom stereocenters. The van der Waals surface area contributed by atoms with Crippen LogP contribution >= 0.6 is 0 Å². The van der Waals surface area contributed by atoms with E-state index in [4.69, 9.17) is 4.42 Å². The van der Waals surface area contributed by atoms with Crippen LogP contribution in [0.4, 0.5) is 0 Å². The van der Waals surface area contributed by atoms with Crippen molar-refractivity contribution in [2.75, 3.05) is 0 Å². The van der Waals surface area contributed by atoms with Gasteiger partial charge in [0.2, 0.25) is 12.3 Å². The first-order valence-electron chi connectivity index (χ1n) is 6.79. The van der Waals surface area contributed by atoms with E-state index < -0.39 is 0 Å². The molecule has 2 aromatic heterocycles. The first kappa shape index (κ1) is 13.4. The highest BCUT2D eigenvalue weighted by atomic mass is 16.4. The van der Waals surface area contributed by atoms with Gasteiger partial charge in [-0.1, -0.05) is 18.2 Å². The summed E-state index contributed by atoms with van der Waals surface area (Å²) in [7, 11) is 0. The summed E-state index contributed by atoms with van der Waals surface area (Å²) in [4.78, 5) is 12.1. The Balaban J connectivity index is 2.06. The molecule has 2 heterocycles. The molecule has 0 bridgehead atoms. The van der Waals surface area contributed by atoms with Gasteiger partial charge in [-0.3, -0.25) is 4.79 Å². The van der Waals surface area contributed by atoms with Gasteiger partial charge in [0.25, 0.3) is 5.89 Å². The fourth-order valence-electron chi connectivity index (χ4n) is 2.35. The van der Waals surface area contributed by atoms with Crippen LogP contribution in [0.2, 0.25) is 0 Å². The van der Waals surface area contributed by atoms with E-state index in [1.165, 1.54) is 6.39 Å². The van der Waals surface area contributed by atoms with Gasteiger partial charge >= 0.3 is 0 Å². The number of hydrogen-bond acceptors (Lipinski definition) is 4. The number of aromatic nitrogens is 3. The number of rotatable bonds is 4. The van der Waals surface area contributed by atoms with E-state index in [1.54, 1.807) is 0 Å². The number of amides is 1. The van der Waals surface area contributed by atoms with Crippen molar-refractivity contribution in [3.8, 4) is 11.6 Å². The molecule has 3 aromatic rings. The lowest BCUT2D eigenvalue weighted by molar-refractivity contribution is -0.122. The second-order valence-electron chi connectivity index (χ2n) is 5.14. The topological polar surface area (TPSA) is 73.0 Å². The van der Waals surface area contributed by atoms with Crippen molar-refractivity contribution in [1.82, 2.24) is 20.1 Å². The third kappa shape index (κ3) is 2.65. The van der Waals surface area contributed by atoms with E-state index in [9.17, 15) is 4.79 Å². The molecule has 0 saturated heterocycles. The number of nitrogens with one attached hydrogen (secondary N) is 1. The number of para-hydroxylation sites is 1. The predicted octanol–water partition coefficient (Wildman–Crippen LogP) is 2.22. The zero-order valence-electron chi connectivity index (χ0n) is 11.9. The molecule has 3 rings (SSSR count). The highest BCUT2D eigenvalue weighted by Gasteiger charge is 2.16. The molecule has 0 radical (unpaired) electrons. The Morgan fingerprint density at radius 3 is 2.90 bits per heavy atom. The van der Waals surface area contributed by atoms with Crippen molar-refractivity contribution in [3.05, 3.63) is 36.7 Å². The number of fused-ring (bicyclic) bond motifs is 1. The van der Waals surface area contributed by atoms with Crippen LogP contribution < -0.4 is 5.32 Å². The summed E-state index contributed by atoms with van der Waals surface area (Å²) in [6, 6.07) is 9.91. The summed E-state index contributed by atoms with van der Waals surface area (Å²) < 4.78 is 7.17. The lowest BCUT2D eigenvalue weighted by Gasteiger charge is -2.11. The van der Waals surface area contributed by atoms with Crippen molar-refractivity contribution >= 4 is 16.8 Å². The Kier molecular flexibility index (Phi) is 3.43. The van der Waals surface area contributed by atoms with Crippen molar-refractivity contribution in [2.24, 2.45) is 0 Å². The zero-order chi connectivity index (χ0) is 14.8. The molecule has 0 fully saturated rings. The molecule has 0 aliphatic rings. The van der Waals surface area contributed by atoms with Crippen molar-refractivity contribution < 1.29 is 9.21 Å². The van der Waals surface area contributed by atoms with E-state index in [1.807, 2.05) is 48.7 Å². The summed E-state index contributed by atoms with van der Waals surface area (Å²) in [5.74, 6) is 0.357. The van der Waals surface area contributed by atoms with Crippen LogP contribution in [-0.4, -0.2) is 26.7 Å². The number of carbonyl (C=O) groups excluding carboxylic acids is 1. The van der Waals surface area contributed by atoms with Gasteiger partial charge in [-0.2, -0.15) is 0 Å². The molecule has 1 aromatic carbocycles. The molecule has 1 N–H and O–H groups in total. The minimum atomic E-state index is -0.0490. The van der Waals surface area contributed by atoms with Crippen LogP contribution in [0.15, 0.2) is 41.1 Å². The predicted molar refractivity (Wildman–Crippen MR) is 78.5 cm³/mol. The van der Waals surface area contributed by atoms with Gasteiger partial charge in [-0.25, -0.2) is 0 Å². The molecular formula is C15H16N4O2. The van der Waals surface area contributed by atoms with Crippen LogP contribution in [-0.2, 0) is 11.3 Å². The quantitative estimate of drug-likeness (QED) is 0.797. The fraction of sp³-hybridized carbons (Fsp3) is 0.267. The molecular weight excluding hydrogens is 268 g/mol. The summed E-state index contributed by atoms with van der Waals surface area (Å²) in [6.45, 7) is 4.08. The van der Waals surface area contributed by atoms with Crippen molar-refractivity contribution in [1.29, 1.82) is 0 Å². The molecule has 0 saturated carbocycles. The molecule has 108 valence electrons. The molecule has 0 aliphatic carbocycles. The van der Waals surface area contributed by atoms with E-state index >= 15 is 0 Å². The number of hydrogen-bond donors (Lipinski definition) is 1. The third-order valence-corrected chi connectivity index (χ3v) is 3.14. The molecule has 0 unspecified atom stereocenters. The Hall–Kier alpha value is -2.63. The third-order valence-electron chi connectivity index (χ3n) is 3.14. The van der Waals surface area contributed by atoms with Crippen molar-refractivity contribution in [2.45, 2.75) is 26.4 Å². The van der Waals surface area contributed by atoms with Gasteiger partial charge < -0.3 is 14.3 Å². The molecule has 21 heavy (non-hydrogen) atoms. The van der Waals surface area contributed by atoms with Gasteiger partial charge in [0.05, 0.1) is 0 Å². The molecule has 0 spiro atoms. The van der Waals surface area contributed by atoms with Crippen molar-refractivity contribution in [3.63, 3.8) is 0 Å². The number of nitrogens with zero attached hydrogens (tertiary/aromatic N) is 3. The highest BCUT2D eigenvalue weighted by molar-refractivity contribution is 5.88. The summed E-state index contributed by atoms with van der Waals surface area (Å²) in [6.07, 6.45) is 1.28. The second kappa shape index (κ2) is 5.40. The Morgan fingerprint density at radius 1 is 1.38 bits per heavy atom. The second-order valence-corrected chi connectivity index (χ2v) is 5.14.